The van der Waals surface area contributed by atoms with Crippen LogP contribution in [0.1, 0.15) is 24.7 Å². The van der Waals surface area contributed by atoms with Crippen LogP contribution in [-0.4, -0.2) is 14.8 Å². The van der Waals surface area contributed by atoms with Gasteiger partial charge in [-0.2, -0.15) is 5.10 Å². The zero-order chi connectivity index (χ0) is 6.97. The molecule has 1 fully saturated rings. The van der Waals surface area contributed by atoms with Crippen LogP contribution in [0.2, 0.25) is 0 Å². The van der Waals surface area contributed by atoms with Gasteiger partial charge in [0.25, 0.3) is 0 Å². The van der Waals surface area contributed by atoms with Crippen LogP contribution in [0.4, 0.5) is 0 Å². The van der Waals surface area contributed by atoms with Crippen LogP contribution in [0.3, 0.4) is 0 Å². The maximum atomic E-state index is 5.35. The Kier molecular flexibility index (Phi) is 2.46. The van der Waals surface area contributed by atoms with Crippen LogP contribution in [-0.2, 0) is 6.54 Å². The van der Waals surface area contributed by atoms with Gasteiger partial charge in [-0.15, -0.1) is 12.4 Å². The summed E-state index contributed by atoms with van der Waals surface area (Å²) in [5.74, 6) is 0.743. The molecule has 1 aliphatic carbocycles. The molecule has 0 unspecified atom stereocenters. The molecule has 0 amide bonds. The molecule has 0 radical (unpaired) electrons. The lowest BCUT2D eigenvalue weighted by atomic mass is 10.6. The Bertz CT molecular complexity index is 230. The quantitative estimate of drug-likeness (QED) is 0.710. The summed E-state index contributed by atoms with van der Waals surface area (Å²) >= 11 is 0. The van der Waals surface area contributed by atoms with Gasteiger partial charge in [-0.25, -0.2) is 9.67 Å². The van der Waals surface area contributed by atoms with E-state index in [-0.39, 0.29) is 12.4 Å². The van der Waals surface area contributed by atoms with Crippen LogP contribution < -0.4 is 5.73 Å². The molecular formula is C6H11ClN4. The molecule has 0 saturated heterocycles. The van der Waals surface area contributed by atoms with Crippen molar-refractivity contribution in [2.45, 2.75) is 25.4 Å². The first kappa shape index (κ1) is 8.49. The third kappa shape index (κ3) is 1.70. The molecule has 4 nitrogen and oxygen atoms in total. The normalized spacial score (nSPS) is 16.1. The topological polar surface area (TPSA) is 56.7 Å². The molecule has 1 saturated carbocycles. The van der Waals surface area contributed by atoms with Gasteiger partial charge >= 0.3 is 0 Å². The summed E-state index contributed by atoms with van der Waals surface area (Å²) in [4.78, 5) is 4.02. The van der Waals surface area contributed by atoms with Crippen molar-refractivity contribution in [1.29, 1.82) is 0 Å². The fraction of sp³-hybridized carbons (Fsp3) is 0.667. The minimum Gasteiger partial charge on any atom is -0.324 e. The van der Waals surface area contributed by atoms with E-state index in [1.54, 1.807) is 6.33 Å². The number of hydrogen-bond donors (Lipinski definition) is 1. The Morgan fingerprint density at radius 1 is 1.64 bits per heavy atom. The highest BCUT2D eigenvalue weighted by atomic mass is 35.5. The van der Waals surface area contributed by atoms with E-state index in [9.17, 15) is 0 Å². The molecule has 0 spiro atoms. The highest BCUT2D eigenvalue weighted by Crippen LogP contribution is 2.33. The van der Waals surface area contributed by atoms with Crippen molar-refractivity contribution < 1.29 is 0 Å². The number of hydrogen-bond acceptors (Lipinski definition) is 3. The van der Waals surface area contributed by atoms with Gasteiger partial charge in [-0.1, -0.05) is 0 Å². The predicted octanol–water partition coefficient (Wildman–Crippen LogP) is 0.493. The molecule has 1 heterocycles. The Morgan fingerprint density at radius 2 is 2.36 bits per heavy atom. The fourth-order valence-electron chi connectivity index (χ4n) is 0.919. The van der Waals surface area contributed by atoms with E-state index in [2.05, 4.69) is 10.1 Å². The molecule has 1 aliphatic rings. The average molecular weight is 175 g/mol. The molecule has 0 atom stereocenters. The standard InChI is InChI=1S/C6H10N4.ClH/c7-3-6-8-4-10(9-6)5-1-2-5;/h4-5H,1-3,7H2;1H. The summed E-state index contributed by atoms with van der Waals surface area (Å²) < 4.78 is 1.90. The molecule has 62 valence electrons. The summed E-state index contributed by atoms with van der Waals surface area (Å²) in [6, 6.07) is 0.618. The van der Waals surface area contributed by atoms with Gasteiger partial charge in [-0.05, 0) is 12.8 Å². The number of nitrogens with zero attached hydrogens (tertiary/aromatic N) is 3. The Hall–Kier alpha value is -0.610. The lowest BCUT2D eigenvalue weighted by Gasteiger charge is -1.90. The Balaban J connectivity index is 0.000000605. The second-order valence-electron chi connectivity index (χ2n) is 2.58. The largest absolute Gasteiger partial charge is 0.324 e. The maximum Gasteiger partial charge on any atom is 0.164 e. The fourth-order valence-corrected chi connectivity index (χ4v) is 0.919. The van der Waals surface area contributed by atoms with Crippen molar-refractivity contribution in [2.75, 3.05) is 0 Å². The Labute approximate surface area is 71.2 Å². The molecule has 1 aromatic rings. The maximum absolute atomic E-state index is 5.35. The highest BCUT2D eigenvalue weighted by molar-refractivity contribution is 5.85. The minimum absolute atomic E-state index is 0. The van der Waals surface area contributed by atoms with Crippen LogP contribution in [0.5, 0.6) is 0 Å². The van der Waals surface area contributed by atoms with Crippen molar-refractivity contribution in [3.8, 4) is 0 Å². The zero-order valence-electron chi connectivity index (χ0n) is 6.10. The van der Waals surface area contributed by atoms with Crippen molar-refractivity contribution >= 4 is 12.4 Å². The number of nitrogens with two attached hydrogens (primary N) is 1. The third-order valence-electron chi connectivity index (χ3n) is 1.66. The van der Waals surface area contributed by atoms with Gasteiger partial charge in [0.1, 0.15) is 6.33 Å². The molecule has 11 heavy (non-hydrogen) atoms. The van der Waals surface area contributed by atoms with Crippen LogP contribution in [0.25, 0.3) is 0 Å². The summed E-state index contributed by atoms with van der Waals surface area (Å²) in [7, 11) is 0. The van der Waals surface area contributed by atoms with E-state index < -0.39 is 0 Å². The summed E-state index contributed by atoms with van der Waals surface area (Å²) in [5, 5.41) is 4.17. The van der Waals surface area contributed by atoms with E-state index >= 15 is 0 Å². The monoisotopic (exact) mass is 174 g/mol. The van der Waals surface area contributed by atoms with Gasteiger partial charge in [0, 0.05) is 0 Å². The zero-order valence-corrected chi connectivity index (χ0v) is 6.92. The molecule has 2 rings (SSSR count). The number of aromatic nitrogens is 3. The van der Waals surface area contributed by atoms with Gasteiger partial charge in [0.2, 0.25) is 0 Å². The Morgan fingerprint density at radius 3 is 2.82 bits per heavy atom. The first-order valence-electron chi connectivity index (χ1n) is 3.50. The van der Waals surface area contributed by atoms with Gasteiger partial charge in [0.05, 0.1) is 12.6 Å². The summed E-state index contributed by atoms with van der Waals surface area (Å²) in [5.41, 5.74) is 5.35. The van der Waals surface area contributed by atoms with Crippen molar-refractivity contribution in [3.63, 3.8) is 0 Å². The molecule has 1 aromatic heterocycles. The van der Waals surface area contributed by atoms with E-state index in [4.69, 9.17) is 5.73 Å². The van der Waals surface area contributed by atoms with E-state index in [1.165, 1.54) is 12.8 Å². The molecule has 0 aliphatic heterocycles. The van der Waals surface area contributed by atoms with Gasteiger partial charge in [0.15, 0.2) is 5.82 Å². The SMILES string of the molecule is Cl.NCc1ncn(C2CC2)n1. The second kappa shape index (κ2) is 3.19. The first-order valence-corrected chi connectivity index (χ1v) is 3.50. The van der Waals surface area contributed by atoms with Crippen molar-refractivity contribution in [2.24, 2.45) is 5.73 Å². The molecule has 2 N–H and O–H groups in total. The van der Waals surface area contributed by atoms with Gasteiger partial charge < -0.3 is 5.73 Å². The second-order valence-corrected chi connectivity index (χ2v) is 2.58. The predicted molar refractivity (Wildman–Crippen MR) is 43.4 cm³/mol. The number of halogens is 1. The number of rotatable bonds is 2. The van der Waals surface area contributed by atoms with Crippen LogP contribution in [0, 0.1) is 0 Å². The minimum atomic E-state index is 0. The molecular weight excluding hydrogens is 164 g/mol. The highest BCUT2D eigenvalue weighted by Gasteiger charge is 2.24. The van der Waals surface area contributed by atoms with Crippen molar-refractivity contribution in [3.05, 3.63) is 12.2 Å². The van der Waals surface area contributed by atoms with E-state index in [1.807, 2.05) is 4.68 Å². The average Bonchev–Trinajstić information content (AvgIpc) is 2.70. The molecule has 0 bridgehead atoms. The van der Waals surface area contributed by atoms with E-state index in [0.29, 0.717) is 12.6 Å². The first-order chi connectivity index (χ1) is 4.90. The summed E-state index contributed by atoms with van der Waals surface area (Å²) in [6.07, 6.45) is 4.25. The third-order valence-corrected chi connectivity index (χ3v) is 1.66. The smallest absolute Gasteiger partial charge is 0.164 e. The van der Waals surface area contributed by atoms with E-state index in [0.717, 1.165) is 5.82 Å². The molecule has 5 heteroatoms. The lowest BCUT2D eigenvalue weighted by Crippen LogP contribution is -2.00. The molecule has 0 aromatic carbocycles. The lowest BCUT2D eigenvalue weighted by molar-refractivity contribution is 0.629. The van der Waals surface area contributed by atoms with Crippen LogP contribution >= 0.6 is 12.4 Å². The van der Waals surface area contributed by atoms with Crippen LogP contribution in [0.15, 0.2) is 6.33 Å². The van der Waals surface area contributed by atoms with Gasteiger partial charge in [-0.3, -0.25) is 0 Å². The van der Waals surface area contributed by atoms with Crippen molar-refractivity contribution in [1.82, 2.24) is 14.8 Å². The summed E-state index contributed by atoms with van der Waals surface area (Å²) in [6.45, 7) is 0.444.